The lowest BCUT2D eigenvalue weighted by atomic mass is 9.95. The number of ether oxygens (including phenoxy) is 1. The smallest absolute Gasteiger partial charge is 0.409 e. The summed E-state index contributed by atoms with van der Waals surface area (Å²) in [7, 11) is 0. The van der Waals surface area contributed by atoms with Gasteiger partial charge < -0.3 is 4.74 Å². The number of benzene rings is 1. The predicted molar refractivity (Wildman–Crippen MR) is 59.5 cm³/mol. The van der Waals surface area contributed by atoms with Gasteiger partial charge in [0, 0.05) is 11.6 Å². The molecule has 0 aromatic heterocycles. The predicted octanol–water partition coefficient (Wildman–Crippen LogP) is 3.00. The zero-order chi connectivity index (χ0) is 12.2. The monoisotopic (exact) mass is 239 g/mol. The van der Waals surface area contributed by atoms with E-state index in [4.69, 9.17) is 11.6 Å². The Bertz CT molecular complexity index is 433. The van der Waals surface area contributed by atoms with Crippen molar-refractivity contribution in [1.82, 2.24) is 0 Å². The Kier molecular flexibility index (Phi) is 3.82. The fraction of sp³-hybridized carbons (Fsp3) is 0.273. The summed E-state index contributed by atoms with van der Waals surface area (Å²) in [5.41, 5.74) is -0.728. The van der Waals surface area contributed by atoms with Crippen LogP contribution in [0.2, 0.25) is 0 Å². The molecule has 0 aliphatic heterocycles. The average molecular weight is 240 g/mol. The molecule has 0 saturated carbocycles. The molecule has 0 saturated heterocycles. The van der Waals surface area contributed by atoms with Gasteiger partial charge in [-0.05, 0) is 31.5 Å². The lowest BCUT2D eigenvalue weighted by molar-refractivity contribution is 0.225. The first-order chi connectivity index (χ1) is 7.45. The summed E-state index contributed by atoms with van der Waals surface area (Å²) < 4.78 is 4.66. The Labute approximate surface area is 97.9 Å². The molecule has 0 N–H and O–H groups in total. The zero-order valence-electron chi connectivity index (χ0n) is 8.86. The van der Waals surface area contributed by atoms with Crippen LogP contribution in [0.15, 0.2) is 29.3 Å². The van der Waals surface area contributed by atoms with Gasteiger partial charge in [-0.2, -0.15) is 4.99 Å². The second-order valence-corrected chi connectivity index (χ2v) is 3.93. The fourth-order valence-electron chi connectivity index (χ4n) is 1.20. The van der Waals surface area contributed by atoms with Crippen LogP contribution in [-0.2, 0) is 10.3 Å². The minimum Gasteiger partial charge on any atom is -0.415 e. The topological polar surface area (TPSA) is 55.7 Å². The summed E-state index contributed by atoms with van der Waals surface area (Å²) in [6.45, 7) is 3.56. The summed E-state index contributed by atoms with van der Waals surface area (Å²) >= 11 is 5.06. The number of hydrogen-bond donors (Lipinski definition) is 0. The minimum absolute atomic E-state index is 0.342. The highest BCUT2D eigenvalue weighted by molar-refractivity contribution is 6.61. The molecule has 0 spiro atoms. The van der Waals surface area contributed by atoms with Crippen molar-refractivity contribution in [2.75, 3.05) is 0 Å². The van der Waals surface area contributed by atoms with E-state index in [1.54, 1.807) is 38.1 Å². The van der Waals surface area contributed by atoms with Crippen molar-refractivity contribution in [1.29, 1.82) is 0 Å². The van der Waals surface area contributed by atoms with Crippen LogP contribution in [0, 0.1) is 0 Å². The molecule has 0 fully saturated rings. The quantitative estimate of drug-likeness (QED) is 0.463. The van der Waals surface area contributed by atoms with E-state index >= 15 is 0 Å². The van der Waals surface area contributed by atoms with Crippen LogP contribution in [-0.4, -0.2) is 11.5 Å². The number of nitrogens with zero attached hydrogens (tertiary/aromatic N) is 1. The molecular weight excluding hydrogens is 230 g/mol. The van der Waals surface area contributed by atoms with E-state index in [1.165, 1.54) is 6.08 Å². The van der Waals surface area contributed by atoms with E-state index in [-0.39, 0.29) is 0 Å². The van der Waals surface area contributed by atoms with Crippen LogP contribution in [0.4, 0.5) is 4.79 Å². The van der Waals surface area contributed by atoms with Crippen LogP contribution in [0.3, 0.4) is 0 Å². The summed E-state index contributed by atoms with van der Waals surface area (Å²) in [6.07, 6.45) is 1.52. The third kappa shape index (κ3) is 3.19. The summed E-state index contributed by atoms with van der Waals surface area (Å²) in [6, 6.07) is 6.57. The van der Waals surface area contributed by atoms with Gasteiger partial charge in [-0.15, -0.1) is 0 Å². The molecule has 0 radical (unpaired) electrons. The highest BCUT2D eigenvalue weighted by Gasteiger charge is 2.19. The Hall–Kier alpha value is -1.64. The molecule has 0 aliphatic rings. The van der Waals surface area contributed by atoms with Gasteiger partial charge in [0.05, 0.1) is 5.54 Å². The maximum absolute atomic E-state index is 10.5. The Morgan fingerprint density at radius 2 is 1.94 bits per heavy atom. The Balaban J connectivity index is 2.94. The molecule has 5 heteroatoms. The van der Waals surface area contributed by atoms with E-state index in [2.05, 4.69) is 9.73 Å². The average Bonchev–Trinajstić information content (AvgIpc) is 2.17. The molecular formula is C11H10ClNO3. The summed E-state index contributed by atoms with van der Waals surface area (Å²) in [5.74, 6) is 0.342. The minimum atomic E-state index is -0.891. The first-order valence-corrected chi connectivity index (χ1v) is 4.90. The van der Waals surface area contributed by atoms with Crippen LogP contribution in [0.25, 0.3) is 0 Å². The van der Waals surface area contributed by atoms with Crippen molar-refractivity contribution in [2.24, 2.45) is 4.99 Å². The Morgan fingerprint density at radius 3 is 2.38 bits per heavy atom. The van der Waals surface area contributed by atoms with E-state index in [1.807, 2.05) is 0 Å². The largest absolute Gasteiger partial charge is 0.415 e. The molecule has 0 unspecified atom stereocenters. The van der Waals surface area contributed by atoms with Crippen LogP contribution >= 0.6 is 11.6 Å². The molecule has 84 valence electrons. The van der Waals surface area contributed by atoms with E-state index in [9.17, 15) is 9.59 Å². The van der Waals surface area contributed by atoms with Gasteiger partial charge in [0.25, 0.3) is 0 Å². The van der Waals surface area contributed by atoms with Crippen molar-refractivity contribution >= 4 is 23.1 Å². The molecule has 0 heterocycles. The van der Waals surface area contributed by atoms with Gasteiger partial charge >= 0.3 is 5.43 Å². The van der Waals surface area contributed by atoms with E-state index in [0.29, 0.717) is 5.75 Å². The van der Waals surface area contributed by atoms with Gasteiger partial charge in [0.2, 0.25) is 6.08 Å². The van der Waals surface area contributed by atoms with Crippen molar-refractivity contribution in [3.63, 3.8) is 0 Å². The van der Waals surface area contributed by atoms with E-state index < -0.39 is 11.0 Å². The maximum atomic E-state index is 10.5. The number of aliphatic imine (C=N–C) groups is 1. The Morgan fingerprint density at radius 1 is 1.38 bits per heavy atom. The number of halogens is 1. The molecule has 0 bridgehead atoms. The van der Waals surface area contributed by atoms with Crippen LogP contribution in [0.1, 0.15) is 19.4 Å². The van der Waals surface area contributed by atoms with Crippen molar-refractivity contribution < 1.29 is 14.3 Å². The first kappa shape index (κ1) is 12.4. The molecule has 4 nitrogen and oxygen atoms in total. The van der Waals surface area contributed by atoms with E-state index in [0.717, 1.165) is 5.56 Å². The van der Waals surface area contributed by atoms with Crippen LogP contribution < -0.4 is 4.74 Å². The van der Waals surface area contributed by atoms with Gasteiger partial charge in [0.1, 0.15) is 5.75 Å². The number of rotatable bonds is 3. The zero-order valence-corrected chi connectivity index (χ0v) is 9.62. The number of hydrogen-bond acceptors (Lipinski definition) is 4. The summed E-state index contributed by atoms with van der Waals surface area (Å²) in [5, 5.41) is 0. The van der Waals surface area contributed by atoms with Gasteiger partial charge in [-0.1, -0.05) is 12.1 Å². The lowest BCUT2D eigenvalue weighted by Crippen LogP contribution is -2.13. The maximum Gasteiger partial charge on any atom is 0.409 e. The van der Waals surface area contributed by atoms with Crippen molar-refractivity contribution in [3.05, 3.63) is 29.8 Å². The normalized spacial score (nSPS) is 10.4. The highest BCUT2D eigenvalue weighted by Crippen LogP contribution is 2.26. The SMILES string of the molecule is CC(C)(N=C=O)c1ccc(OC(=O)Cl)cc1. The first-order valence-electron chi connectivity index (χ1n) is 4.52. The molecule has 1 aromatic carbocycles. The molecule has 0 aliphatic carbocycles. The molecule has 0 amide bonds. The van der Waals surface area contributed by atoms with Crippen molar-refractivity contribution in [3.8, 4) is 5.75 Å². The molecule has 1 aromatic rings. The fourth-order valence-corrected chi connectivity index (χ4v) is 1.29. The van der Waals surface area contributed by atoms with Gasteiger partial charge in [-0.25, -0.2) is 9.59 Å². The van der Waals surface area contributed by atoms with Crippen molar-refractivity contribution in [2.45, 2.75) is 19.4 Å². The third-order valence-electron chi connectivity index (χ3n) is 2.08. The third-order valence-corrected chi connectivity index (χ3v) is 2.16. The standard InChI is InChI=1S/C11H10ClNO3/c1-11(2,13-7-14)8-3-5-9(6-4-8)16-10(12)15/h3-6H,1-2H3. The second-order valence-electron chi connectivity index (χ2n) is 3.63. The highest BCUT2D eigenvalue weighted by atomic mass is 35.5. The van der Waals surface area contributed by atoms with Gasteiger partial charge in [-0.3, -0.25) is 0 Å². The molecule has 0 atom stereocenters. The molecule has 16 heavy (non-hydrogen) atoms. The number of isocyanates is 1. The van der Waals surface area contributed by atoms with Gasteiger partial charge in [0.15, 0.2) is 0 Å². The van der Waals surface area contributed by atoms with Crippen LogP contribution in [0.5, 0.6) is 5.75 Å². The second kappa shape index (κ2) is 4.92. The number of carbonyl (C=O) groups is 1. The number of carbonyl (C=O) groups excluding carboxylic acids is 2. The molecule has 1 rings (SSSR count). The summed E-state index contributed by atoms with van der Waals surface area (Å²) in [4.78, 5) is 24.4. The lowest BCUT2D eigenvalue weighted by Gasteiger charge is -2.17.